The van der Waals surface area contributed by atoms with E-state index in [2.05, 4.69) is 5.32 Å². The van der Waals surface area contributed by atoms with Crippen molar-refractivity contribution < 1.29 is 19.5 Å². The summed E-state index contributed by atoms with van der Waals surface area (Å²) in [5.41, 5.74) is 0. The van der Waals surface area contributed by atoms with Gasteiger partial charge in [-0.05, 0) is 12.3 Å². The van der Waals surface area contributed by atoms with Crippen molar-refractivity contribution in [2.24, 2.45) is 5.92 Å². The van der Waals surface area contributed by atoms with Crippen LogP contribution in [0.25, 0.3) is 0 Å². The zero-order valence-electron chi connectivity index (χ0n) is 10.8. The number of nitrogens with one attached hydrogen (secondary N) is 1. The van der Waals surface area contributed by atoms with Gasteiger partial charge in [0.1, 0.15) is 6.04 Å². The molecule has 18 heavy (non-hydrogen) atoms. The van der Waals surface area contributed by atoms with Crippen molar-refractivity contribution in [1.82, 2.24) is 10.2 Å². The van der Waals surface area contributed by atoms with E-state index in [1.54, 1.807) is 0 Å². The van der Waals surface area contributed by atoms with Crippen LogP contribution >= 0.6 is 0 Å². The normalized spacial score (nSPS) is 17.6. The minimum Gasteiger partial charge on any atom is -0.480 e. The zero-order chi connectivity index (χ0) is 13.7. The van der Waals surface area contributed by atoms with E-state index in [-0.39, 0.29) is 37.1 Å². The molecule has 0 aromatic carbocycles. The van der Waals surface area contributed by atoms with Gasteiger partial charge in [-0.3, -0.25) is 19.3 Å². The van der Waals surface area contributed by atoms with Crippen LogP contribution in [-0.4, -0.2) is 46.9 Å². The number of likely N-dealkylation sites (tertiary alicyclic amines) is 1. The lowest BCUT2D eigenvalue weighted by Crippen LogP contribution is -2.43. The SMILES string of the molecule is CC(C)CC(NCCN1C(=O)CCC1=O)C(=O)O. The van der Waals surface area contributed by atoms with Gasteiger partial charge in [0, 0.05) is 25.9 Å². The lowest BCUT2D eigenvalue weighted by molar-refractivity contribution is -0.139. The highest BCUT2D eigenvalue weighted by Crippen LogP contribution is 2.10. The molecule has 1 saturated heterocycles. The summed E-state index contributed by atoms with van der Waals surface area (Å²) >= 11 is 0. The van der Waals surface area contributed by atoms with E-state index in [1.807, 2.05) is 13.8 Å². The Morgan fingerprint density at radius 3 is 2.33 bits per heavy atom. The summed E-state index contributed by atoms with van der Waals surface area (Å²) in [5.74, 6) is -0.966. The van der Waals surface area contributed by atoms with E-state index in [1.165, 1.54) is 4.90 Å². The first kappa shape index (κ1) is 14.6. The summed E-state index contributed by atoms with van der Waals surface area (Å²) in [6.07, 6.45) is 1.07. The molecule has 1 aliphatic rings. The predicted molar refractivity (Wildman–Crippen MR) is 64.8 cm³/mol. The largest absolute Gasteiger partial charge is 0.480 e. The van der Waals surface area contributed by atoms with E-state index in [9.17, 15) is 14.4 Å². The molecule has 0 radical (unpaired) electrons. The number of carbonyl (C=O) groups excluding carboxylic acids is 2. The second-order valence-corrected chi connectivity index (χ2v) is 4.91. The molecule has 1 fully saturated rings. The zero-order valence-corrected chi connectivity index (χ0v) is 10.8. The van der Waals surface area contributed by atoms with Crippen LogP contribution in [0, 0.1) is 5.92 Å². The number of carboxylic acid groups (broad SMARTS) is 1. The number of imide groups is 1. The monoisotopic (exact) mass is 256 g/mol. The second-order valence-electron chi connectivity index (χ2n) is 4.91. The van der Waals surface area contributed by atoms with Gasteiger partial charge in [0.15, 0.2) is 0 Å². The molecule has 2 amide bonds. The first-order chi connectivity index (χ1) is 8.41. The standard InChI is InChI=1S/C12H20N2O4/c1-8(2)7-9(12(17)18)13-5-6-14-10(15)3-4-11(14)16/h8-9,13H,3-7H2,1-2H3,(H,17,18). The highest BCUT2D eigenvalue weighted by atomic mass is 16.4. The number of carboxylic acids is 1. The average Bonchev–Trinajstić information content (AvgIpc) is 2.58. The van der Waals surface area contributed by atoms with Crippen molar-refractivity contribution in [2.75, 3.05) is 13.1 Å². The van der Waals surface area contributed by atoms with Crippen molar-refractivity contribution in [1.29, 1.82) is 0 Å². The van der Waals surface area contributed by atoms with E-state index in [0.717, 1.165) is 0 Å². The number of carbonyl (C=O) groups is 3. The molecule has 1 aliphatic heterocycles. The highest BCUT2D eigenvalue weighted by molar-refractivity contribution is 6.01. The Kier molecular flexibility index (Phi) is 5.27. The molecular weight excluding hydrogens is 236 g/mol. The molecule has 0 aromatic heterocycles. The maximum absolute atomic E-state index is 11.3. The molecule has 0 saturated carbocycles. The Morgan fingerprint density at radius 2 is 1.89 bits per heavy atom. The first-order valence-electron chi connectivity index (χ1n) is 6.21. The third-order valence-corrected chi connectivity index (χ3v) is 2.89. The van der Waals surface area contributed by atoms with E-state index in [4.69, 9.17) is 5.11 Å². The van der Waals surface area contributed by atoms with Gasteiger partial charge in [0.2, 0.25) is 11.8 Å². The maximum atomic E-state index is 11.3. The van der Waals surface area contributed by atoms with Gasteiger partial charge in [0.25, 0.3) is 0 Å². The summed E-state index contributed by atoms with van der Waals surface area (Å²) in [6.45, 7) is 4.47. The van der Waals surface area contributed by atoms with Gasteiger partial charge >= 0.3 is 5.97 Å². The molecule has 2 N–H and O–H groups in total. The van der Waals surface area contributed by atoms with E-state index < -0.39 is 12.0 Å². The van der Waals surface area contributed by atoms with Crippen molar-refractivity contribution in [2.45, 2.75) is 39.2 Å². The van der Waals surface area contributed by atoms with Crippen molar-refractivity contribution in [3.63, 3.8) is 0 Å². The number of nitrogens with zero attached hydrogens (tertiary/aromatic N) is 1. The number of rotatable bonds is 7. The fraction of sp³-hybridized carbons (Fsp3) is 0.750. The molecule has 1 unspecified atom stereocenters. The van der Waals surface area contributed by atoms with Crippen LogP contribution < -0.4 is 5.32 Å². The molecule has 0 aromatic rings. The quantitative estimate of drug-likeness (QED) is 0.636. The fourth-order valence-electron chi connectivity index (χ4n) is 1.97. The van der Waals surface area contributed by atoms with Crippen LogP contribution in [0.4, 0.5) is 0 Å². The summed E-state index contributed by atoms with van der Waals surface area (Å²) in [4.78, 5) is 34.8. The summed E-state index contributed by atoms with van der Waals surface area (Å²) in [6, 6.07) is -0.627. The predicted octanol–water partition coefficient (Wildman–Crippen LogP) is 0.224. The third kappa shape index (κ3) is 4.10. The fourth-order valence-corrected chi connectivity index (χ4v) is 1.97. The van der Waals surface area contributed by atoms with Gasteiger partial charge in [0.05, 0.1) is 0 Å². The molecule has 1 rings (SSSR count). The van der Waals surface area contributed by atoms with Crippen LogP contribution in [0.15, 0.2) is 0 Å². The second kappa shape index (κ2) is 6.49. The van der Waals surface area contributed by atoms with Crippen LogP contribution in [0.1, 0.15) is 33.1 Å². The number of hydrogen-bond donors (Lipinski definition) is 2. The van der Waals surface area contributed by atoms with Crippen molar-refractivity contribution in [3.8, 4) is 0 Å². The molecule has 0 aliphatic carbocycles. The minimum atomic E-state index is -0.900. The summed E-state index contributed by atoms with van der Waals surface area (Å²) in [7, 11) is 0. The Bertz CT molecular complexity index is 325. The van der Waals surface area contributed by atoms with E-state index in [0.29, 0.717) is 13.0 Å². The topological polar surface area (TPSA) is 86.7 Å². The minimum absolute atomic E-state index is 0.169. The summed E-state index contributed by atoms with van der Waals surface area (Å²) in [5, 5.41) is 11.9. The number of aliphatic carboxylic acids is 1. The van der Waals surface area contributed by atoms with Crippen LogP contribution in [0.3, 0.4) is 0 Å². The Morgan fingerprint density at radius 1 is 1.33 bits per heavy atom. The first-order valence-corrected chi connectivity index (χ1v) is 6.21. The van der Waals surface area contributed by atoms with Gasteiger partial charge < -0.3 is 10.4 Å². The molecule has 1 atom stereocenters. The van der Waals surface area contributed by atoms with Gasteiger partial charge in [-0.2, -0.15) is 0 Å². The Labute approximate surface area is 106 Å². The van der Waals surface area contributed by atoms with Crippen molar-refractivity contribution >= 4 is 17.8 Å². The van der Waals surface area contributed by atoms with Crippen LogP contribution in [-0.2, 0) is 14.4 Å². The third-order valence-electron chi connectivity index (χ3n) is 2.89. The lowest BCUT2D eigenvalue weighted by Gasteiger charge is -2.19. The average molecular weight is 256 g/mol. The summed E-state index contributed by atoms with van der Waals surface area (Å²) < 4.78 is 0. The lowest BCUT2D eigenvalue weighted by atomic mass is 10.0. The highest BCUT2D eigenvalue weighted by Gasteiger charge is 2.28. The Hall–Kier alpha value is -1.43. The molecular formula is C12H20N2O4. The van der Waals surface area contributed by atoms with Crippen molar-refractivity contribution in [3.05, 3.63) is 0 Å². The molecule has 102 valence electrons. The molecule has 6 nitrogen and oxygen atoms in total. The Balaban J connectivity index is 2.36. The van der Waals surface area contributed by atoms with Gasteiger partial charge in [-0.1, -0.05) is 13.8 Å². The van der Waals surface area contributed by atoms with Gasteiger partial charge in [-0.15, -0.1) is 0 Å². The smallest absolute Gasteiger partial charge is 0.320 e. The van der Waals surface area contributed by atoms with E-state index >= 15 is 0 Å². The number of amides is 2. The molecule has 6 heteroatoms. The van der Waals surface area contributed by atoms with Crippen LogP contribution in [0.5, 0.6) is 0 Å². The molecule has 1 heterocycles. The number of hydrogen-bond acceptors (Lipinski definition) is 4. The maximum Gasteiger partial charge on any atom is 0.320 e. The molecule has 0 spiro atoms. The van der Waals surface area contributed by atoms with Crippen LogP contribution in [0.2, 0.25) is 0 Å². The van der Waals surface area contributed by atoms with Gasteiger partial charge in [-0.25, -0.2) is 0 Å². The molecule has 0 bridgehead atoms.